The summed E-state index contributed by atoms with van der Waals surface area (Å²) in [6.45, 7) is 1.16. The zero-order valence-corrected chi connectivity index (χ0v) is 15.4. The Labute approximate surface area is 158 Å². The first kappa shape index (κ1) is 19.3. The van der Waals surface area contributed by atoms with E-state index in [1.54, 1.807) is 0 Å². The number of nitro benzene ring substituents is 1. The molecule has 146 valence electrons. The molecule has 2 aromatic carbocycles. The molecule has 0 aliphatic rings. The molecule has 0 radical (unpaired) electrons. The van der Waals surface area contributed by atoms with Gasteiger partial charge in [-0.2, -0.15) is 0 Å². The van der Waals surface area contributed by atoms with Gasteiger partial charge in [0.1, 0.15) is 6.54 Å². The number of benzene rings is 2. The van der Waals surface area contributed by atoms with Crippen molar-refractivity contribution in [2.75, 3.05) is 11.1 Å². The van der Waals surface area contributed by atoms with Crippen LogP contribution in [0.5, 0.6) is 0 Å². The van der Waals surface area contributed by atoms with Crippen LogP contribution in [0.25, 0.3) is 11.1 Å². The van der Waals surface area contributed by atoms with Crippen LogP contribution in [0.1, 0.15) is 6.92 Å². The van der Waals surface area contributed by atoms with Crippen molar-refractivity contribution in [1.29, 1.82) is 0 Å². The largest absolute Gasteiger partial charge is 0.420 e. The van der Waals surface area contributed by atoms with Gasteiger partial charge in [-0.05, 0) is 30.3 Å². The molecule has 10 nitrogen and oxygen atoms in total. The van der Waals surface area contributed by atoms with Gasteiger partial charge in [0.2, 0.25) is 5.91 Å². The molecule has 0 fully saturated rings. The summed E-state index contributed by atoms with van der Waals surface area (Å²) in [5.41, 5.74) is 0.368. The lowest BCUT2D eigenvalue weighted by Gasteiger charge is -2.07. The fourth-order valence-corrected chi connectivity index (χ4v) is 3.46. The van der Waals surface area contributed by atoms with Crippen LogP contribution >= 0.6 is 0 Å². The van der Waals surface area contributed by atoms with Gasteiger partial charge in [0.05, 0.1) is 27.2 Å². The standard InChI is InChI=1S/C17H15N3O7S/c1-2-28(25,26)13-6-3-11(4-7-13)18-16(21)10-19-14-8-5-12(20(23)24)9-15(14)27-17(19)22/h3-9H,2,10H2,1H3,(H,18,21). The molecule has 0 aliphatic carbocycles. The van der Waals surface area contributed by atoms with Crippen molar-refractivity contribution < 1.29 is 22.6 Å². The molecule has 0 atom stereocenters. The first-order chi connectivity index (χ1) is 13.2. The van der Waals surface area contributed by atoms with Crippen molar-refractivity contribution in [3.63, 3.8) is 0 Å². The summed E-state index contributed by atoms with van der Waals surface area (Å²) in [7, 11) is -3.34. The van der Waals surface area contributed by atoms with Crippen LogP contribution in [-0.2, 0) is 21.2 Å². The number of amides is 1. The third-order valence-corrected chi connectivity index (χ3v) is 5.79. The number of oxazole rings is 1. The zero-order chi connectivity index (χ0) is 20.5. The molecule has 1 heterocycles. The number of nitrogens with one attached hydrogen (secondary N) is 1. The van der Waals surface area contributed by atoms with Crippen molar-refractivity contribution in [1.82, 2.24) is 4.57 Å². The molecule has 0 bridgehead atoms. The number of hydrogen-bond acceptors (Lipinski definition) is 7. The second-order valence-electron chi connectivity index (χ2n) is 5.84. The van der Waals surface area contributed by atoms with Crippen molar-refractivity contribution in [2.45, 2.75) is 18.4 Å². The number of hydrogen-bond donors (Lipinski definition) is 1. The third kappa shape index (κ3) is 3.78. The molecule has 0 saturated carbocycles. The molecule has 1 N–H and O–H groups in total. The summed E-state index contributed by atoms with van der Waals surface area (Å²) in [6.07, 6.45) is 0. The number of nitro groups is 1. The summed E-state index contributed by atoms with van der Waals surface area (Å²) in [6, 6.07) is 9.30. The Hall–Kier alpha value is -3.47. The van der Waals surface area contributed by atoms with Crippen molar-refractivity contribution in [2.24, 2.45) is 0 Å². The van der Waals surface area contributed by atoms with Crippen LogP contribution in [0.3, 0.4) is 0 Å². The van der Waals surface area contributed by atoms with Gasteiger partial charge < -0.3 is 9.73 Å². The van der Waals surface area contributed by atoms with E-state index in [9.17, 15) is 28.1 Å². The van der Waals surface area contributed by atoms with E-state index in [1.165, 1.54) is 43.3 Å². The summed E-state index contributed by atoms with van der Waals surface area (Å²) in [5, 5.41) is 13.4. The Kier molecular flexibility index (Phi) is 5.01. The van der Waals surface area contributed by atoms with E-state index < -0.39 is 26.4 Å². The summed E-state index contributed by atoms with van der Waals surface area (Å²) < 4.78 is 29.6. The number of rotatable bonds is 6. The Morgan fingerprint density at radius 2 is 1.89 bits per heavy atom. The minimum atomic E-state index is -3.34. The molecule has 3 rings (SSSR count). The molecule has 11 heteroatoms. The second-order valence-corrected chi connectivity index (χ2v) is 8.12. The lowest BCUT2D eigenvalue weighted by Crippen LogP contribution is -2.24. The van der Waals surface area contributed by atoms with Gasteiger partial charge in [-0.25, -0.2) is 13.2 Å². The molecular weight excluding hydrogens is 390 g/mol. The van der Waals surface area contributed by atoms with E-state index in [-0.39, 0.29) is 34.0 Å². The van der Waals surface area contributed by atoms with Crippen molar-refractivity contribution in [3.8, 4) is 0 Å². The highest BCUT2D eigenvalue weighted by atomic mass is 32.2. The predicted molar refractivity (Wildman–Crippen MR) is 99.9 cm³/mol. The summed E-state index contributed by atoms with van der Waals surface area (Å²) >= 11 is 0. The number of non-ortho nitro benzene ring substituents is 1. The Morgan fingerprint density at radius 1 is 1.21 bits per heavy atom. The van der Waals surface area contributed by atoms with Gasteiger partial charge >= 0.3 is 5.76 Å². The van der Waals surface area contributed by atoms with Gasteiger partial charge in [0.25, 0.3) is 5.69 Å². The maximum Gasteiger partial charge on any atom is 0.420 e. The molecule has 0 unspecified atom stereocenters. The van der Waals surface area contributed by atoms with Crippen LogP contribution in [0.4, 0.5) is 11.4 Å². The number of nitrogens with zero attached hydrogens (tertiary/aromatic N) is 2. The number of carbonyl (C=O) groups is 1. The van der Waals surface area contributed by atoms with Crippen LogP contribution in [0.15, 0.2) is 56.6 Å². The van der Waals surface area contributed by atoms with Gasteiger partial charge in [-0.1, -0.05) is 6.92 Å². The second kappa shape index (κ2) is 7.27. The Bertz CT molecular complexity index is 1220. The highest BCUT2D eigenvalue weighted by molar-refractivity contribution is 7.91. The number of aromatic nitrogens is 1. The molecule has 1 aromatic heterocycles. The van der Waals surface area contributed by atoms with E-state index in [1.807, 2.05) is 0 Å². The monoisotopic (exact) mass is 405 g/mol. The molecule has 0 aliphatic heterocycles. The van der Waals surface area contributed by atoms with E-state index in [0.29, 0.717) is 5.69 Å². The number of carbonyl (C=O) groups excluding carboxylic acids is 1. The Morgan fingerprint density at radius 3 is 2.50 bits per heavy atom. The third-order valence-electron chi connectivity index (χ3n) is 4.04. The fraction of sp³-hybridized carbons (Fsp3) is 0.176. The quantitative estimate of drug-likeness (QED) is 0.488. The van der Waals surface area contributed by atoms with Crippen LogP contribution < -0.4 is 11.1 Å². The topological polar surface area (TPSA) is 142 Å². The van der Waals surface area contributed by atoms with Gasteiger partial charge in [0.15, 0.2) is 15.4 Å². The lowest BCUT2D eigenvalue weighted by molar-refractivity contribution is -0.384. The van der Waals surface area contributed by atoms with Crippen LogP contribution in [0, 0.1) is 10.1 Å². The molecule has 3 aromatic rings. The number of sulfone groups is 1. The van der Waals surface area contributed by atoms with Crippen molar-refractivity contribution >= 4 is 38.2 Å². The first-order valence-corrected chi connectivity index (χ1v) is 9.77. The maximum atomic E-state index is 12.2. The normalized spacial score (nSPS) is 11.5. The molecule has 0 saturated heterocycles. The average Bonchev–Trinajstić information content (AvgIpc) is 2.96. The van der Waals surface area contributed by atoms with E-state index in [4.69, 9.17) is 4.42 Å². The van der Waals surface area contributed by atoms with Gasteiger partial charge in [-0.3, -0.25) is 19.5 Å². The highest BCUT2D eigenvalue weighted by Crippen LogP contribution is 2.20. The van der Waals surface area contributed by atoms with Crippen LogP contribution in [-0.4, -0.2) is 29.6 Å². The zero-order valence-electron chi connectivity index (χ0n) is 14.6. The predicted octanol–water partition coefficient (Wildman–Crippen LogP) is 1.93. The molecule has 1 amide bonds. The molecule has 28 heavy (non-hydrogen) atoms. The molecular formula is C17H15N3O7S. The summed E-state index contributed by atoms with van der Waals surface area (Å²) in [4.78, 5) is 34.6. The summed E-state index contributed by atoms with van der Waals surface area (Å²) in [5.74, 6) is -1.41. The fourth-order valence-electron chi connectivity index (χ4n) is 2.57. The molecule has 0 spiro atoms. The van der Waals surface area contributed by atoms with Crippen molar-refractivity contribution in [3.05, 3.63) is 63.1 Å². The van der Waals surface area contributed by atoms with Gasteiger partial charge in [-0.15, -0.1) is 0 Å². The van der Waals surface area contributed by atoms with E-state index in [2.05, 4.69) is 5.32 Å². The highest BCUT2D eigenvalue weighted by Gasteiger charge is 2.16. The number of anilines is 1. The Balaban J connectivity index is 1.79. The smallest absolute Gasteiger partial charge is 0.407 e. The minimum absolute atomic E-state index is 0.00104. The number of fused-ring (bicyclic) bond motifs is 1. The van der Waals surface area contributed by atoms with E-state index in [0.717, 1.165) is 10.6 Å². The minimum Gasteiger partial charge on any atom is -0.407 e. The van der Waals surface area contributed by atoms with Gasteiger partial charge in [0, 0.05) is 11.8 Å². The average molecular weight is 405 g/mol. The lowest BCUT2D eigenvalue weighted by atomic mass is 10.3. The maximum absolute atomic E-state index is 12.2. The van der Waals surface area contributed by atoms with Crippen LogP contribution in [0.2, 0.25) is 0 Å². The first-order valence-electron chi connectivity index (χ1n) is 8.11. The van der Waals surface area contributed by atoms with E-state index >= 15 is 0 Å². The SMILES string of the molecule is CCS(=O)(=O)c1ccc(NC(=O)Cn2c(=O)oc3cc([N+](=O)[O-])ccc32)cc1.